The molecule has 3 aromatic rings. The van der Waals surface area contributed by atoms with Gasteiger partial charge in [0.2, 0.25) is 17.7 Å². The summed E-state index contributed by atoms with van der Waals surface area (Å²) in [7, 11) is 0. The van der Waals surface area contributed by atoms with Gasteiger partial charge in [0, 0.05) is 29.9 Å². The van der Waals surface area contributed by atoms with Crippen LogP contribution in [-0.2, 0) is 32.0 Å². The molecule has 2 aromatic carbocycles. The van der Waals surface area contributed by atoms with Gasteiger partial charge in [-0.1, -0.05) is 68.8 Å². The third-order valence-corrected chi connectivity index (χ3v) is 6.84. The molecule has 3 rings (SSSR count). The van der Waals surface area contributed by atoms with Crippen molar-refractivity contribution in [2.24, 2.45) is 11.7 Å². The average Bonchev–Trinajstić information content (AvgIpc) is 3.32. The number of alkyl carbamates (subject to hydrolysis) is 1. The highest BCUT2D eigenvalue weighted by molar-refractivity contribution is 5.94. The number of hydrogen-bond donors (Lipinski definition) is 5. The molecule has 0 aliphatic rings. The SMILES string of the molecule is CC[C@H](C)[C@H](NC(=O)[C@@H](Cc1c[nH]c2ccccc12)NC(=O)OC(C)(C)C)C(=O)N[C@H](Cc1ccccc1)C(N)=O. The fourth-order valence-corrected chi connectivity index (χ4v) is 4.47. The van der Waals surface area contributed by atoms with Gasteiger partial charge in [-0.15, -0.1) is 0 Å². The van der Waals surface area contributed by atoms with Crippen LogP contribution in [0, 0.1) is 5.92 Å². The van der Waals surface area contributed by atoms with Crippen molar-refractivity contribution in [2.45, 2.75) is 77.6 Å². The Hall–Kier alpha value is -4.34. The smallest absolute Gasteiger partial charge is 0.408 e. The molecule has 0 unspecified atom stereocenters. The van der Waals surface area contributed by atoms with Gasteiger partial charge in [-0.25, -0.2) is 4.79 Å². The molecule has 0 bridgehead atoms. The molecule has 41 heavy (non-hydrogen) atoms. The van der Waals surface area contributed by atoms with E-state index < -0.39 is 47.5 Å². The van der Waals surface area contributed by atoms with Gasteiger partial charge in [0.15, 0.2) is 0 Å². The van der Waals surface area contributed by atoms with Gasteiger partial charge in [0.25, 0.3) is 0 Å². The molecule has 0 aliphatic carbocycles. The van der Waals surface area contributed by atoms with Crippen LogP contribution in [0.3, 0.4) is 0 Å². The zero-order valence-electron chi connectivity index (χ0n) is 24.3. The molecule has 1 heterocycles. The quantitative estimate of drug-likeness (QED) is 0.229. The molecule has 6 N–H and O–H groups in total. The molecule has 0 aliphatic heterocycles. The summed E-state index contributed by atoms with van der Waals surface area (Å²) >= 11 is 0. The van der Waals surface area contributed by atoms with E-state index in [9.17, 15) is 19.2 Å². The number of primary amides is 1. The molecule has 1 aromatic heterocycles. The van der Waals surface area contributed by atoms with Crippen molar-refractivity contribution in [1.82, 2.24) is 20.9 Å². The molecular formula is C31H41N5O5. The molecule has 10 heteroatoms. The van der Waals surface area contributed by atoms with E-state index in [-0.39, 0.29) is 18.8 Å². The van der Waals surface area contributed by atoms with Crippen LogP contribution in [0.2, 0.25) is 0 Å². The number of benzene rings is 2. The first-order valence-corrected chi connectivity index (χ1v) is 13.9. The zero-order chi connectivity index (χ0) is 30.2. The lowest BCUT2D eigenvalue weighted by Crippen LogP contribution is -2.59. The van der Waals surface area contributed by atoms with E-state index in [2.05, 4.69) is 20.9 Å². The highest BCUT2D eigenvalue weighted by atomic mass is 16.6. The van der Waals surface area contributed by atoms with Crippen LogP contribution in [0.1, 0.15) is 52.2 Å². The fourth-order valence-electron chi connectivity index (χ4n) is 4.47. The first kappa shape index (κ1) is 31.2. The summed E-state index contributed by atoms with van der Waals surface area (Å²) in [5.74, 6) is -2.05. The van der Waals surface area contributed by atoms with E-state index in [4.69, 9.17) is 10.5 Å². The summed E-state index contributed by atoms with van der Waals surface area (Å²) in [6, 6.07) is 13.9. The molecule has 4 atom stereocenters. The number of nitrogens with one attached hydrogen (secondary N) is 4. The number of ether oxygens (including phenoxy) is 1. The van der Waals surface area contributed by atoms with Crippen molar-refractivity contribution in [1.29, 1.82) is 0 Å². The largest absolute Gasteiger partial charge is 0.444 e. The van der Waals surface area contributed by atoms with E-state index in [1.807, 2.05) is 68.4 Å². The Morgan fingerprint density at radius 2 is 1.54 bits per heavy atom. The maximum Gasteiger partial charge on any atom is 0.408 e. The summed E-state index contributed by atoms with van der Waals surface area (Å²) in [6.07, 6.45) is 1.99. The second kappa shape index (κ2) is 13.8. The monoisotopic (exact) mass is 563 g/mol. The van der Waals surface area contributed by atoms with Gasteiger partial charge >= 0.3 is 6.09 Å². The van der Waals surface area contributed by atoms with Crippen LogP contribution >= 0.6 is 0 Å². The molecule has 4 amide bonds. The van der Waals surface area contributed by atoms with Crippen LogP contribution in [0.5, 0.6) is 0 Å². The number of aromatic nitrogens is 1. The lowest BCUT2D eigenvalue weighted by atomic mass is 9.96. The van der Waals surface area contributed by atoms with Gasteiger partial charge in [0.05, 0.1) is 0 Å². The molecule has 0 saturated heterocycles. The number of fused-ring (bicyclic) bond motifs is 1. The number of amides is 4. The summed E-state index contributed by atoms with van der Waals surface area (Å²) in [6.45, 7) is 8.92. The lowest BCUT2D eigenvalue weighted by molar-refractivity contribution is -0.133. The Kier molecular flexibility index (Phi) is 10.5. The van der Waals surface area contributed by atoms with Crippen molar-refractivity contribution in [2.75, 3.05) is 0 Å². The van der Waals surface area contributed by atoms with Crippen LogP contribution in [-0.4, -0.2) is 52.5 Å². The van der Waals surface area contributed by atoms with Crippen molar-refractivity contribution in [3.63, 3.8) is 0 Å². The number of nitrogens with two attached hydrogens (primary N) is 1. The Bertz CT molecular complexity index is 1350. The highest BCUT2D eigenvalue weighted by Crippen LogP contribution is 2.20. The second-order valence-electron chi connectivity index (χ2n) is 11.3. The van der Waals surface area contributed by atoms with Gasteiger partial charge in [0.1, 0.15) is 23.7 Å². The number of carbonyl (C=O) groups excluding carboxylic acids is 4. The third-order valence-electron chi connectivity index (χ3n) is 6.84. The van der Waals surface area contributed by atoms with Crippen LogP contribution in [0.4, 0.5) is 4.79 Å². The minimum Gasteiger partial charge on any atom is -0.444 e. The average molecular weight is 564 g/mol. The standard InChI is InChI=1S/C31H41N5O5/c1-6-19(2)26(29(39)34-24(27(32)37)16-20-12-8-7-9-13-20)36-28(38)25(35-30(40)41-31(3,4)5)17-21-18-33-23-15-11-10-14-22(21)23/h7-15,18-19,24-26,33H,6,16-17H2,1-5H3,(H2,32,37)(H,34,39)(H,35,40)(H,36,38)/t19-,24+,25+,26-/m0/s1. The fraction of sp³-hybridized carbons (Fsp3) is 0.419. The number of carbonyl (C=O) groups is 4. The maximum absolute atomic E-state index is 13.7. The minimum atomic E-state index is -1.04. The molecule has 0 saturated carbocycles. The van der Waals surface area contributed by atoms with Crippen molar-refractivity contribution >= 4 is 34.7 Å². The van der Waals surface area contributed by atoms with Gasteiger partial charge < -0.3 is 31.4 Å². The van der Waals surface area contributed by atoms with Crippen LogP contribution < -0.4 is 21.7 Å². The van der Waals surface area contributed by atoms with E-state index in [0.29, 0.717) is 6.42 Å². The van der Waals surface area contributed by atoms with E-state index in [1.54, 1.807) is 27.0 Å². The Labute approximate surface area is 240 Å². The third kappa shape index (κ3) is 9.09. The van der Waals surface area contributed by atoms with Crippen molar-refractivity contribution < 1.29 is 23.9 Å². The van der Waals surface area contributed by atoms with Gasteiger partial charge in [-0.05, 0) is 43.9 Å². The number of hydrogen-bond acceptors (Lipinski definition) is 5. The Morgan fingerprint density at radius 1 is 0.878 bits per heavy atom. The van der Waals surface area contributed by atoms with E-state index >= 15 is 0 Å². The minimum absolute atomic E-state index is 0.155. The Morgan fingerprint density at radius 3 is 2.17 bits per heavy atom. The topological polar surface area (TPSA) is 155 Å². The number of para-hydroxylation sites is 1. The molecule has 0 spiro atoms. The number of H-pyrrole nitrogens is 1. The molecular weight excluding hydrogens is 522 g/mol. The first-order chi connectivity index (χ1) is 19.4. The number of aromatic amines is 1. The van der Waals surface area contributed by atoms with Crippen molar-refractivity contribution in [3.8, 4) is 0 Å². The van der Waals surface area contributed by atoms with E-state index in [1.165, 1.54) is 0 Å². The summed E-state index contributed by atoms with van der Waals surface area (Å²) < 4.78 is 5.41. The molecule has 220 valence electrons. The molecule has 0 fully saturated rings. The lowest BCUT2D eigenvalue weighted by Gasteiger charge is -2.28. The molecule has 0 radical (unpaired) electrons. The predicted molar refractivity (Wildman–Crippen MR) is 158 cm³/mol. The van der Waals surface area contributed by atoms with Gasteiger partial charge in [-0.3, -0.25) is 14.4 Å². The summed E-state index contributed by atoms with van der Waals surface area (Å²) in [4.78, 5) is 55.3. The number of rotatable bonds is 12. The highest BCUT2D eigenvalue weighted by Gasteiger charge is 2.33. The van der Waals surface area contributed by atoms with Gasteiger partial charge in [-0.2, -0.15) is 0 Å². The van der Waals surface area contributed by atoms with E-state index in [0.717, 1.165) is 22.0 Å². The predicted octanol–water partition coefficient (Wildman–Crippen LogP) is 3.35. The van der Waals surface area contributed by atoms with Crippen molar-refractivity contribution in [3.05, 3.63) is 71.9 Å². The normalized spacial score (nSPS) is 14.4. The first-order valence-electron chi connectivity index (χ1n) is 13.9. The maximum atomic E-state index is 13.7. The summed E-state index contributed by atoms with van der Waals surface area (Å²) in [5, 5.41) is 9.13. The molecule has 10 nitrogen and oxygen atoms in total. The second-order valence-corrected chi connectivity index (χ2v) is 11.3. The van der Waals surface area contributed by atoms with Crippen LogP contribution in [0.25, 0.3) is 10.9 Å². The zero-order valence-corrected chi connectivity index (χ0v) is 24.3. The Balaban J connectivity index is 1.82. The summed E-state index contributed by atoms with van der Waals surface area (Å²) in [5.41, 5.74) is 7.39. The van der Waals surface area contributed by atoms with Crippen LogP contribution in [0.15, 0.2) is 60.8 Å².